The lowest BCUT2D eigenvalue weighted by Crippen LogP contribution is -2.32. The van der Waals surface area contributed by atoms with Crippen LogP contribution in [0.4, 0.5) is 14.5 Å². The Labute approximate surface area is 172 Å². The first kappa shape index (κ1) is 18.1. The highest BCUT2D eigenvalue weighted by Gasteiger charge is 2.32. The monoisotopic (exact) mass is 407 g/mol. The van der Waals surface area contributed by atoms with Crippen LogP contribution in [0.25, 0.3) is 28.5 Å². The topological polar surface area (TPSA) is 21.3 Å². The van der Waals surface area contributed by atoms with E-state index >= 15 is 0 Å². The molecule has 5 heteroatoms. The lowest BCUT2D eigenvalue weighted by Gasteiger charge is -2.35. The van der Waals surface area contributed by atoms with Crippen molar-refractivity contribution in [3.05, 3.63) is 75.5 Å². The first-order valence-corrected chi connectivity index (χ1v) is 10.3. The fourth-order valence-corrected chi connectivity index (χ4v) is 4.87. The first-order chi connectivity index (χ1) is 13.8. The maximum absolute atomic E-state index is 14.6. The maximum atomic E-state index is 14.6. The minimum Gasteiger partial charge on any atom is -0.453 e. The number of ether oxygens (including phenoxy) is 1. The summed E-state index contributed by atoms with van der Waals surface area (Å²) in [5.41, 5.74) is 4.94. The van der Waals surface area contributed by atoms with Crippen LogP contribution >= 0.6 is 11.3 Å². The molecule has 0 atom stereocenters. The highest BCUT2D eigenvalue weighted by Crippen LogP contribution is 2.50. The molecule has 1 N–H and O–H groups in total. The van der Waals surface area contributed by atoms with E-state index in [1.807, 2.05) is 35.7 Å². The maximum Gasteiger partial charge on any atom is 0.171 e. The second kappa shape index (κ2) is 6.29. The molecule has 3 aromatic rings. The third-order valence-electron chi connectivity index (χ3n) is 5.21. The highest BCUT2D eigenvalue weighted by atomic mass is 32.1. The van der Waals surface area contributed by atoms with Crippen LogP contribution in [0.5, 0.6) is 5.75 Å². The van der Waals surface area contributed by atoms with E-state index in [9.17, 15) is 8.78 Å². The van der Waals surface area contributed by atoms with Crippen LogP contribution in [-0.2, 0) is 0 Å². The molecule has 2 aromatic carbocycles. The van der Waals surface area contributed by atoms with E-state index in [1.54, 1.807) is 11.3 Å². The van der Waals surface area contributed by atoms with Crippen LogP contribution < -0.4 is 10.1 Å². The van der Waals surface area contributed by atoms with E-state index < -0.39 is 11.6 Å². The Morgan fingerprint density at radius 2 is 1.90 bits per heavy atom. The summed E-state index contributed by atoms with van der Waals surface area (Å²) in [6, 6.07) is 10.0. The third kappa shape index (κ3) is 2.97. The molecule has 1 aromatic heterocycles. The number of hydrogen-bond donors (Lipinski definition) is 1. The van der Waals surface area contributed by atoms with Crippen molar-refractivity contribution in [1.82, 2.24) is 0 Å². The quantitative estimate of drug-likeness (QED) is 0.461. The van der Waals surface area contributed by atoms with E-state index in [1.165, 1.54) is 6.07 Å². The van der Waals surface area contributed by atoms with Gasteiger partial charge in [0.1, 0.15) is 11.6 Å². The molecule has 0 fully saturated rings. The molecular formula is C24H19F2NOS. The zero-order valence-electron chi connectivity index (χ0n) is 16.3. The molecule has 146 valence electrons. The number of halogens is 2. The van der Waals surface area contributed by atoms with Gasteiger partial charge in [0.05, 0.1) is 5.54 Å². The number of hydrogen-bond acceptors (Lipinski definition) is 3. The molecule has 0 amide bonds. The van der Waals surface area contributed by atoms with Gasteiger partial charge in [0.15, 0.2) is 11.6 Å². The van der Waals surface area contributed by atoms with Crippen LogP contribution in [0, 0.1) is 11.6 Å². The number of rotatable bonds is 1. The van der Waals surface area contributed by atoms with Crippen LogP contribution in [-0.4, -0.2) is 5.54 Å². The molecule has 2 nitrogen and oxygen atoms in total. The molecule has 0 spiro atoms. The summed E-state index contributed by atoms with van der Waals surface area (Å²) in [4.78, 5) is 1.00. The minimum absolute atomic E-state index is 0.0624. The summed E-state index contributed by atoms with van der Waals surface area (Å²) in [5, 5.41) is 5.52. The molecule has 0 saturated heterocycles. The van der Waals surface area contributed by atoms with E-state index in [4.69, 9.17) is 4.74 Å². The molecule has 3 heterocycles. The zero-order chi connectivity index (χ0) is 20.3. The Morgan fingerprint density at radius 3 is 2.66 bits per heavy atom. The predicted octanol–water partition coefficient (Wildman–Crippen LogP) is 7.19. The molecule has 0 bridgehead atoms. The van der Waals surface area contributed by atoms with Gasteiger partial charge in [0.2, 0.25) is 0 Å². The van der Waals surface area contributed by atoms with Gasteiger partial charge in [-0.15, -0.1) is 11.3 Å². The summed E-state index contributed by atoms with van der Waals surface area (Å²) in [6.07, 6.45) is 4.09. The molecule has 0 saturated carbocycles. The minimum atomic E-state index is -0.702. The Balaban J connectivity index is 1.84. The van der Waals surface area contributed by atoms with E-state index in [2.05, 4.69) is 32.2 Å². The second-order valence-corrected chi connectivity index (χ2v) is 8.95. The standard InChI is InChI=1S/C24H19F2NOS/c1-13-12-24(2,3)27-19-7-6-16-17-9-14(25)10-18(26)23(17)28-20(22(16)21(13)19)11-15-5-4-8-29-15/h4-12,27H,1-3H3. The van der Waals surface area contributed by atoms with Gasteiger partial charge in [-0.3, -0.25) is 0 Å². The van der Waals surface area contributed by atoms with Gasteiger partial charge >= 0.3 is 0 Å². The molecule has 0 radical (unpaired) electrons. The van der Waals surface area contributed by atoms with Crippen molar-refractivity contribution in [2.24, 2.45) is 0 Å². The van der Waals surface area contributed by atoms with Crippen molar-refractivity contribution in [3.63, 3.8) is 0 Å². The zero-order valence-corrected chi connectivity index (χ0v) is 17.1. The van der Waals surface area contributed by atoms with Gasteiger partial charge in [-0.25, -0.2) is 8.78 Å². The van der Waals surface area contributed by atoms with Gasteiger partial charge < -0.3 is 10.1 Å². The summed E-state index contributed by atoms with van der Waals surface area (Å²) in [7, 11) is 0. The molecule has 5 rings (SSSR count). The Bertz CT molecular complexity index is 1210. The summed E-state index contributed by atoms with van der Waals surface area (Å²) >= 11 is 1.58. The van der Waals surface area contributed by atoms with Gasteiger partial charge in [0, 0.05) is 33.3 Å². The normalized spacial score (nSPS) is 17.6. The van der Waals surface area contributed by atoms with Gasteiger partial charge in [-0.1, -0.05) is 18.2 Å². The van der Waals surface area contributed by atoms with Crippen molar-refractivity contribution in [3.8, 4) is 16.9 Å². The summed E-state index contributed by atoms with van der Waals surface area (Å²) in [5.74, 6) is -0.698. The molecule has 29 heavy (non-hydrogen) atoms. The van der Waals surface area contributed by atoms with Crippen molar-refractivity contribution in [2.75, 3.05) is 5.32 Å². The van der Waals surface area contributed by atoms with E-state index in [0.717, 1.165) is 38.9 Å². The molecule has 0 aliphatic carbocycles. The van der Waals surface area contributed by atoms with E-state index in [0.29, 0.717) is 11.3 Å². The van der Waals surface area contributed by atoms with Crippen LogP contribution in [0.3, 0.4) is 0 Å². The van der Waals surface area contributed by atoms with Gasteiger partial charge in [0.25, 0.3) is 0 Å². The number of fused-ring (bicyclic) bond motifs is 5. The summed E-state index contributed by atoms with van der Waals surface area (Å²) < 4.78 is 34.7. The fraction of sp³-hybridized carbons (Fsp3) is 0.167. The van der Waals surface area contributed by atoms with Gasteiger partial charge in [-0.2, -0.15) is 0 Å². The third-order valence-corrected chi connectivity index (χ3v) is 6.03. The smallest absolute Gasteiger partial charge is 0.171 e. The number of nitrogens with one attached hydrogen (secondary N) is 1. The second-order valence-electron chi connectivity index (χ2n) is 7.98. The lowest BCUT2D eigenvalue weighted by molar-refractivity contribution is 0.460. The van der Waals surface area contributed by atoms with Crippen molar-refractivity contribution in [1.29, 1.82) is 0 Å². The largest absolute Gasteiger partial charge is 0.453 e. The van der Waals surface area contributed by atoms with Crippen molar-refractivity contribution >= 4 is 34.4 Å². The summed E-state index contributed by atoms with van der Waals surface area (Å²) in [6.45, 7) is 6.28. The van der Waals surface area contributed by atoms with Crippen LogP contribution in [0.2, 0.25) is 0 Å². The number of anilines is 1. The molecule has 2 aliphatic heterocycles. The Kier molecular flexibility index (Phi) is 3.93. The molecule has 0 unspecified atom stereocenters. The van der Waals surface area contributed by atoms with E-state index in [-0.39, 0.29) is 11.3 Å². The number of allylic oxidation sites excluding steroid dienone is 1. The fourth-order valence-electron chi connectivity index (χ4n) is 4.22. The number of thiophene rings is 1. The average molecular weight is 407 g/mol. The highest BCUT2D eigenvalue weighted by molar-refractivity contribution is 7.10. The predicted molar refractivity (Wildman–Crippen MR) is 116 cm³/mol. The first-order valence-electron chi connectivity index (χ1n) is 9.40. The molecule has 2 aliphatic rings. The van der Waals surface area contributed by atoms with Gasteiger partial charge in [-0.05, 0) is 61.6 Å². The Hall–Kier alpha value is -2.92. The number of benzene rings is 2. The van der Waals surface area contributed by atoms with Crippen molar-refractivity contribution in [2.45, 2.75) is 26.3 Å². The Morgan fingerprint density at radius 1 is 1.07 bits per heavy atom. The van der Waals surface area contributed by atoms with Crippen LogP contribution in [0.15, 0.2) is 47.9 Å². The van der Waals surface area contributed by atoms with Crippen molar-refractivity contribution < 1.29 is 13.5 Å². The lowest BCUT2D eigenvalue weighted by atomic mass is 9.83. The average Bonchev–Trinajstić information content (AvgIpc) is 3.14. The molecular weight excluding hydrogens is 388 g/mol. The van der Waals surface area contributed by atoms with Crippen LogP contribution in [0.1, 0.15) is 36.8 Å². The SMILES string of the molecule is CC1=CC(C)(C)Nc2ccc3c(c21)C(=Cc1cccs1)Oc1c(F)cc(F)cc1-3.